The monoisotopic (exact) mass is 324 g/mol. The van der Waals surface area contributed by atoms with Crippen molar-refractivity contribution in [3.8, 4) is 0 Å². The summed E-state index contributed by atoms with van der Waals surface area (Å²) in [5, 5.41) is 3.11. The molecule has 1 rings (SSSR count). The van der Waals surface area contributed by atoms with E-state index >= 15 is 0 Å². The average molecular weight is 325 g/mol. The number of halogens is 4. The molecule has 0 saturated carbocycles. The van der Waals surface area contributed by atoms with E-state index in [1.165, 1.54) is 0 Å². The van der Waals surface area contributed by atoms with Gasteiger partial charge in [-0.15, -0.1) is 0 Å². The quantitative estimate of drug-likeness (QED) is 0.847. The van der Waals surface area contributed by atoms with Crippen molar-refractivity contribution in [1.29, 1.82) is 0 Å². The second kappa shape index (κ2) is 7.09. The fourth-order valence-electron chi connectivity index (χ4n) is 1.62. The van der Waals surface area contributed by atoms with Gasteiger partial charge < -0.3 is 5.32 Å². The minimum atomic E-state index is -4.13. The molecule has 1 heterocycles. The van der Waals surface area contributed by atoms with Gasteiger partial charge in [0.15, 0.2) is 0 Å². The number of rotatable bonds is 6. The van der Waals surface area contributed by atoms with Crippen LogP contribution in [-0.4, -0.2) is 17.7 Å². The molecule has 0 aliphatic rings. The smallest absolute Gasteiger partial charge is 0.309 e. The zero-order chi connectivity index (χ0) is 13.6. The van der Waals surface area contributed by atoms with Crippen LogP contribution in [0.3, 0.4) is 0 Å². The van der Waals surface area contributed by atoms with Crippen LogP contribution in [0, 0.1) is 0 Å². The Hall–Kier alpha value is -0.620. The van der Waals surface area contributed by atoms with Crippen molar-refractivity contribution in [3.63, 3.8) is 0 Å². The van der Waals surface area contributed by atoms with Gasteiger partial charge in [-0.2, -0.15) is 13.2 Å². The zero-order valence-corrected chi connectivity index (χ0v) is 11.7. The van der Waals surface area contributed by atoms with Gasteiger partial charge in [0, 0.05) is 17.1 Å². The van der Waals surface area contributed by atoms with E-state index in [-0.39, 0.29) is 12.5 Å². The summed E-state index contributed by atoms with van der Waals surface area (Å²) in [6, 6.07) is 3.16. The molecule has 0 aliphatic heterocycles. The lowest BCUT2D eigenvalue weighted by Crippen LogP contribution is -2.25. The predicted octanol–water partition coefficient (Wildman–Crippen LogP) is 4.23. The summed E-state index contributed by atoms with van der Waals surface area (Å²) in [6.07, 6.45) is -2.48. The van der Waals surface area contributed by atoms with Crippen molar-refractivity contribution in [2.45, 2.75) is 38.4 Å². The predicted molar refractivity (Wildman–Crippen MR) is 68.3 cm³/mol. The Morgan fingerprint density at radius 2 is 2.17 bits per heavy atom. The minimum absolute atomic E-state index is 0.000880. The second-order valence-corrected chi connectivity index (χ2v) is 4.89. The fourth-order valence-corrected chi connectivity index (χ4v) is 2.15. The normalized spacial score (nSPS) is 13.6. The van der Waals surface area contributed by atoms with Crippen LogP contribution < -0.4 is 5.32 Å². The molecule has 2 nitrogen and oxygen atoms in total. The van der Waals surface area contributed by atoms with E-state index in [1.54, 1.807) is 18.3 Å². The van der Waals surface area contributed by atoms with E-state index < -0.39 is 12.6 Å². The van der Waals surface area contributed by atoms with Crippen LogP contribution in [-0.2, 0) is 0 Å². The molecule has 1 aromatic heterocycles. The maximum atomic E-state index is 12.3. The average Bonchev–Trinajstić information content (AvgIpc) is 2.29. The highest BCUT2D eigenvalue weighted by Gasteiger charge is 2.29. The van der Waals surface area contributed by atoms with Crippen LogP contribution in [0.1, 0.15) is 37.9 Å². The van der Waals surface area contributed by atoms with Gasteiger partial charge in [0.05, 0.1) is 11.7 Å². The first-order chi connectivity index (χ1) is 8.44. The molecule has 6 heteroatoms. The van der Waals surface area contributed by atoms with Crippen LogP contribution in [0.15, 0.2) is 22.8 Å². The Kier molecular flexibility index (Phi) is 6.08. The number of aromatic nitrogens is 1. The maximum absolute atomic E-state index is 12.3. The van der Waals surface area contributed by atoms with Crippen molar-refractivity contribution in [1.82, 2.24) is 10.3 Å². The Bertz CT molecular complexity index is 369. The molecule has 0 radical (unpaired) electrons. The third kappa shape index (κ3) is 5.35. The number of pyridine rings is 1. The summed E-state index contributed by atoms with van der Waals surface area (Å²) < 4.78 is 37.6. The SMILES string of the molecule is CCCNC(CCC(F)(F)F)c1ncccc1Br. The summed E-state index contributed by atoms with van der Waals surface area (Å²) in [6.45, 7) is 2.65. The van der Waals surface area contributed by atoms with Gasteiger partial charge in [-0.05, 0) is 47.4 Å². The molecular formula is C12H16BrF3N2. The van der Waals surface area contributed by atoms with E-state index in [0.717, 1.165) is 10.9 Å². The first kappa shape index (κ1) is 15.4. The van der Waals surface area contributed by atoms with E-state index in [0.29, 0.717) is 12.2 Å². The van der Waals surface area contributed by atoms with Gasteiger partial charge in [0.1, 0.15) is 0 Å². The molecule has 1 unspecified atom stereocenters. The zero-order valence-electron chi connectivity index (χ0n) is 10.1. The third-order valence-electron chi connectivity index (χ3n) is 2.47. The Morgan fingerprint density at radius 1 is 1.44 bits per heavy atom. The minimum Gasteiger partial charge on any atom is -0.309 e. The molecule has 0 aliphatic carbocycles. The molecule has 18 heavy (non-hydrogen) atoms. The van der Waals surface area contributed by atoms with Gasteiger partial charge in [-0.1, -0.05) is 6.92 Å². The van der Waals surface area contributed by atoms with E-state index in [9.17, 15) is 13.2 Å². The molecule has 1 atom stereocenters. The van der Waals surface area contributed by atoms with Crippen molar-refractivity contribution in [3.05, 3.63) is 28.5 Å². The highest BCUT2D eigenvalue weighted by atomic mass is 79.9. The van der Waals surface area contributed by atoms with Gasteiger partial charge in [-0.25, -0.2) is 0 Å². The van der Waals surface area contributed by atoms with Crippen molar-refractivity contribution >= 4 is 15.9 Å². The number of nitrogens with one attached hydrogen (secondary N) is 1. The van der Waals surface area contributed by atoms with Gasteiger partial charge >= 0.3 is 6.18 Å². The molecule has 1 aromatic rings. The second-order valence-electron chi connectivity index (χ2n) is 4.03. The molecule has 102 valence electrons. The molecule has 0 fully saturated rings. The topological polar surface area (TPSA) is 24.9 Å². The van der Waals surface area contributed by atoms with Crippen molar-refractivity contribution in [2.24, 2.45) is 0 Å². The molecule has 0 saturated heterocycles. The van der Waals surface area contributed by atoms with E-state index in [4.69, 9.17) is 0 Å². The Labute approximate surface area is 113 Å². The summed E-state index contributed by atoms with van der Waals surface area (Å²) in [5.41, 5.74) is 0.634. The van der Waals surface area contributed by atoms with Gasteiger partial charge in [0.25, 0.3) is 0 Å². The molecular weight excluding hydrogens is 309 g/mol. The highest BCUT2D eigenvalue weighted by molar-refractivity contribution is 9.10. The van der Waals surface area contributed by atoms with Crippen molar-refractivity contribution in [2.75, 3.05) is 6.54 Å². The Balaban J connectivity index is 2.75. The molecule has 0 spiro atoms. The number of hydrogen-bond acceptors (Lipinski definition) is 2. The highest BCUT2D eigenvalue weighted by Crippen LogP contribution is 2.29. The largest absolute Gasteiger partial charge is 0.389 e. The number of hydrogen-bond donors (Lipinski definition) is 1. The summed E-state index contributed by atoms with van der Waals surface area (Å²) in [4.78, 5) is 4.16. The van der Waals surface area contributed by atoms with E-state index in [1.807, 2.05) is 6.92 Å². The molecule has 1 N–H and O–H groups in total. The first-order valence-corrected chi connectivity index (χ1v) is 6.64. The summed E-state index contributed by atoms with van der Waals surface area (Å²) in [7, 11) is 0. The van der Waals surface area contributed by atoms with Gasteiger partial charge in [-0.3, -0.25) is 4.98 Å². The van der Waals surface area contributed by atoms with Crippen LogP contribution in [0.25, 0.3) is 0 Å². The summed E-state index contributed by atoms with van der Waals surface area (Å²) in [5.74, 6) is 0. The lowest BCUT2D eigenvalue weighted by molar-refractivity contribution is -0.136. The number of alkyl halides is 3. The molecule has 0 amide bonds. The third-order valence-corrected chi connectivity index (χ3v) is 3.14. The van der Waals surface area contributed by atoms with Crippen LogP contribution in [0.4, 0.5) is 13.2 Å². The van der Waals surface area contributed by atoms with Crippen molar-refractivity contribution < 1.29 is 13.2 Å². The number of nitrogens with zero attached hydrogens (tertiary/aromatic N) is 1. The van der Waals surface area contributed by atoms with Crippen LogP contribution in [0.5, 0.6) is 0 Å². The van der Waals surface area contributed by atoms with Gasteiger partial charge in [0.2, 0.25) is 0 Å². The molecule has 0 aromatic carbocycles. The molecule has 0 bridgehead atoms. The lowest BCUT2D eigenvalue weighted by Gasteiger charge is -2.19. The Morgan fingerprint density at radius 3 is 2.72 bits per heavy atom. The summed E-state index contributed by atoms with van der Waals surface area (Å²) >= 11 is 3.33. The van der Waals surface area contributed by atoms with E-state index in [2.05, 4.69) is 26.2 Å². The lowest BCUT2D eigenvalue weighted by atomic mass is 10.1. The standard InChI is InChI=1S/C12H16BrF3N2/c1-2-7-17-10(5-6-12(14,15)16)11-9(13)4-3-8-18-11/h3-4,8,10,17H,2,5-7H2,1H3. The first-order valence-electron chi connectivity index (χ1n) is 5.84. The fraction of sp³-hybridized carbons (Fsp3) is 0.583. The van der Waals surface area contributed by atoms with Crippen LogP contribution in [0.2, 0.25) is 0 Å². The maximum Gasteiger partial charge on any atom is 0.389 e. The van der Waals surface area contributed by atoms with Crippen LogP contribution >= 0.6 is 15.9 Å².